The van der Waals surface area contributed by atoms with Crippen LogP contribution >= 0.6 is 0 Å². The van der Waals surface area contributed by atoms with E-state index in [0.29, 0.717) is 56.3 Å². The maximum absolute atomic E-state index is 14.4. The molecular formula is C40H46F2N2O9. The summed E-state index contributed by atoms with van der Waals surface area (Å²) in [5.74, 6) is -2.60. The smallest absolute Gasteiger partial charge is 0.352 e. The Morgan fingerprint density at radius 3 is 1.55 bits per heavy atom. The van der Waals surface area contributed by atoms with Crippen molar-refractivity contribution in [3.05, 3.63) is 94.8 Å². The van der Waals surface area contributed by atoms with E-state index in [4.69, 9.17) is 23.7 Å². The van der Waals surface area contributed by atoms with Crippen molar-refractivity contribution >= 4 is 17.9 Å². The summed E-state index contributed by atoms with van der Waals surface area (Å²) >= 11 is 0. The fourth-order valence-corrected chi connectivity index (χ4v) is 5.63. The van der Waals surface area contributed by atoms with Crippen molar-refractivity contribution in [1.82, 2.24) is 9.97 Å². The normalized spacial score (nSPS) is 12.0. The second kappa shape index (κ2) is 19.4. The van der Waals surface area contributed by atoms with E-state index in [9.17, 15) is 28.3 Å². The number of rotatable bonds is 13. The van der Waals surface area contributed by atoms with E-state index in [1.807, 2.05) is 27.7 Å². The zero-order chi connectivity index (χ0) is 39.4. The van der Waals surface area contributed by atoms with Crippen molar-refractivity contribution in [2.45, 2.75) is 72.5 Å². The molecule has 284 valence electrons. The molecule has 2 heterocycles. The fraction of sp³-hybridized carbons (Fsp3) is 0.375. The van der Waals surface area contributed by atoms with E-state index >= 15 is 0 Å². The van der Waals surface area contributed by atoms with Gasteiger partial charge in [-0.05, 0) is 95.5 Å². The summed E-state index contributed by atoms with van der Waals surface area (Å²) < 4.78 is 54.3. The highest BCUT2D eigenvalue weighted by molar-refractivity contribution is 5.85. The van der Waals surface area contributed by atoms with Crippen molar-refractivity contribution in [2.75, 3.05) is 27.4 Å². The molecule has 53 heavy (non-hydrogen) atoms. The minimum absolute atomic E-state index is 0.0998. The molecule has 2 atom stereocenters. The molecule has 2 aromatic carbocycles. The molecule has 11 nitrogen and oxygen atoms in total. The molecule has 2 unspecified atom stereocenters. The van der Waals surface area contributed by atoms with Crippen LogP contribution in [-0.2, 0) is 28.6 Å². The lowest BCUT2D eigenvalue weighted by atomic mass is 9.87. The first-order valence-electron chi connectivity index (χ1n) is 17.0. The topological polar surface area (TPSA) is 143 Å². The van der Waals surface area contributed by atoms with E-state index in [0.717, 1.165) is 0 Å². The Kier molecular flexibility index (Phi) is 15.4. The lowest BCUT2D eigenvalue weighted by molar-refractivity contribution is -0.167. The number of nitrogens with zero attached hydrogens (tertiary/aromatic N) is 2. The van der Waals surface area contributed by atoms with Crippen molar-refractivity contribution in [1.29, 1.82) is 0 Å². The van der Waals surface area contributed by atoms with Gasteiger partial charge in [0.15, 0.2) is 6.10 Å². The highest BCUT2D eigenvalue weighted by atomic mass is 19.1. The van der Waals surface area contributed by atoms with E-state index in [2.05, 4.69) is 9.97 Å². The Morgan fingerprint density at radius 2 is 1.13 bits per heavy atom. The second-order valence-corrected chi connectivity index (χ2v) is 12.3. The van der Waals surface area contributed by atoms with Gasteiger partial charge in [0, 0.05) is 42.6 Å². The molecule has 0 radical (unpaired) electrons. The SMILES string of the molecule is CCOC(=O)C(O)c1c(-c2ccnc(OC)c2)cc(F)cc1C(C)C.CCOC(=O)C(OC(C)=O)c1c(-c2ccnc(OC)c2)cc(F)cc1C(C)C. The average Bonchev–Trinajstić information content (AvgIpc) is 3.13. The van der Waals surface area contributed by atoms with Crippen LogP contribution in [-0.4, -0.2) is 60.4 Å². The average molecular weight is 737 g/mol. The molecule has 0 bridgehead atoms. The van der Waals surface area contributed by atoms with Crippen LogP contribution in [0.4, 0.5) is 8.78 Å². The predicted molar refractivity (Wildman–Crippen MR) is 193 cm³/mol. The third kappa shape index (κ3) is 10.8. The van der Waals surface area contributed by atoms with Gasteiger partial charge >= 0.3 is 17.9 Å². The molecular weight excluding hydrogens is 690 g/mol. The van der Waals surface area contributed by atoms with Gasteiger partial charge in [0.25, 0.3) is 0 Å². The van der Waals surface area contributed by atoms with Crippen molar-refractivity contribution < 1.29 is 52.0 Å². The zero-order valence-electron chi connectivity index (χ0n) is 31.4. The van der Waals surface area contributed by atoms with Gasteiger partial charge in [-0.25, -0.2) is 28.3 Å². The van der Waals surface area contributed by atoms with E-state index in [1.165, 1.54) is 57.8 Å². The van der Waals surface area contributed by atoms with E-state index in [-0.39, 0.29) is 25.0 Å². The molecule has 0 aliphatic carbocycles. The standard InChI is InChI=1S/C21H24FNO5.C19H22FNO4/c1-6-27-21(25)20(28-13(4)24)19-16(12(2)3)10-15(22)11-17(19)14-7-8-23-18(9-14)26-5;1-5-25-19(23)18(22)17-14(11(2)3)9-13(20)10-15(17)12-6-7-21-16(8-12)24-4/h7-12,20H,6H2,1-5H3;6-11,18,22H,5H2,1-4H3. The number of carbonyl (C=O) groups excluding carboxylic acids is 3. The number of pyridine rings is 2. The van der Waals surface area contributed by atoms with Gasteiger partial charge < -0.3 is 28.8 Å². The van der Waals surface area contributed by atoms with Gasteiger partial charge in [0.05, 0.1) is 27.4 Å². The number of aliphatic hydroxyl groups excluding tert-OH is 1. The van der Waals surface area contributed by atoms with Crippen molar-refractivity contribution in [3.63, 3.8) is 0 Å². The lowest BCUT2D eigenvalue weighted by Crippen LogP contribution is -2.23. The molecule has 1 N–H and O–H groups in total. The Bertz CT molecular complexity index is 1900. The Hall–Kier alpha value is -5.43. The number of ether oxygens (including phenoxy) is 5. The zero-order valence-corrected chi connectivity index (χ0v) is 31.4. The maximum atomic E-state index is 14.4. The molecule has 0 saturated heterocycles. The molecule has 0 aliphatic rings. The largest absolute Gasteiger partial charge is 0.481 e. The summed E-state index contributed by atoms with van der Waals surface area (Å²) in [6.07, 6.45) is 0.217. The monoisotopic (exact) mass is 736 g/mol. The molecule has 0 saturated carbocycles. The maximum Gasteiger partial charge on any atom is 0.352 e. The van der Waals surface area contributed by atoms with Crippen LogP contribution in [0.15, 0.2) is 60.9 Å². The molecule has 0 spiro atoms. The number of hydrogen-bond donors (Lipinski definition) is 1. The molecule has 2 aromatic heterocycles. The van der Waals surface area contributed by atoms with Crippen LogP contribution in [0.1, 0.15) is 94.8 Å². The first kappa shape index (κ1) is 42.0. The van der Waals surface area contributed by atoms with Crippen molar-refractivity contribution in [3.8, 4) is 34.0 Å². The van der Waals surface area contributed by atoms with Crippen LogP contribution < -0.4 is 9.47 Å². The Labute approximate surface area is 308 Å². The molecule has 0 aliphatic heterocycles. The molecule has 13 heteroatoms. The highest BCUT2D eigenvalue weighted by Gasteiger charge is 2.32. The summed E-state index contributed by atoms with van der Waals surface area (Å²) in [4.78, 5) is 44.5. The molecule has 0 amide bonds. The second-order valence-electron chi connectivity index (χ2n) is 12.3. The molecule has 4 rings (SSSR count). The van der Waals surface area contributed by atoms with Crippen LogP contribution in [0.3, 0.4) is 0 Å². The summed E-state index contributed by atoms with van der Waals surface area (Å²) in [6.45, 7) is 12.3. The van der Waals surface area contributed by atoms with Crippen LogP contribution in [0, 0.1) is 11.6 Å². The minimum atomic E-state index is -1.51. The summed E-state index contributed by atoms with van der Waals surface area (Å²) in [6, 6.07) is 11.9. The van der Waals surface area contributed by atoms with Crippen LogP contribution in [0.5, 0.6) is 11.8 Å². The van der Waals surface area contributed by atoms with Gasteiger partial charge in [-0.15, -0.1) is 0 Å². The number of hydrogen-bond acceptors (Lipinski definition) is 11. The minimum Gasteiger partial charge on any atom is -0.481 e. The number of halogens is 2. The Balaban J connectivity index is 0.000000287. The fourth-order valence-electron chi connectivity index (χ4n) is 5.63. The predicted octanol–water partition coefficient (Wildman–Crippen LogP) is 7.80. The van der Waals surface area contributed by atoms with E-state index < -0.39 is 41.8 Å². The van der Waals surface area contributed by atoms with E-state index in [1.54, 1.807) is 38.1 Å². The first-order chi connectivity index (χ1) is 25.2. The number of methoxy groups -OCH3 is 2. The number of esters is 3. The van der Waals surface area contributed by atoms with Crippen LogP contribution in [0.25, 0.3) is 22.3 Å². The molecule has 4 aromatic rings. The van der Waals surface area contributed by atoms with Gasteiger partial charge in [0.2, 0.25) is 17.9 Å². The summed E-state index contributed by atoms with van der Waals surface area (Å²) in [5, 5.41) is 10.6. The van der Waals surface area contributed by atoms with Gasteiger partial charge in [-0.2, -0.15) is 0 Å². The van der Waals surface area contributed by atoms with Gasteiger partial charge in [-0.3, -0.25) is 4.79 Å². The number of aliphatic hydroxyl groups is 1. The third-order valence-corrected chi connectivity index (χ3v) is 7.94. The van der Waals surface area contributed by atoms with Crippen molar-refractivity contribution in [2.24, 2.45) is 0 Å². The summed E-state index contributed by atoms with van der Waals surface area (Å²) in [5.41, 5.74) is 3.79. The Morgan fingerprint density at radius 1 is 0.698 bits per heavy atom. The third-order valence-electron chi connectivity index (χ3n) is 7.94. The molecule has 0 fully saturated rings. The highest BCUT2D eigenvalue weighted by Crippen LogP contribution is 2.39. The number of aromatic nitrogens is 2. The van der Waals surface area contributed by atoms with Gasteiger partial charge in [0.1, 0.15) is 11.6 Å². The quantitative estimate of drug-likeness (QED) is 0.106. The summed E-state index contributed by atoms with van der Waals surface area (Å²) in [7, 11) is 2.95. The van der Waals surface area contributed by atoms with Gasteiger partial charge in [-0.1, -0.05) is 27.7 Å². The van der Waals surface area contributed by atoms with Crippen LogP contribution in [0.2, 0.25) is 0 Å². The lowest BCUT2D eigenvalue weighted by Gasteiger charge is -2.24. The number of carbonyl (C=O) groups is 3. The number of benzene rings is 2. The first-order valence-corrected chi connectivity index (χ1v) is 17.0.